The van der Waals surface area contributed by atoms with Crippen molar-refractivity contribution in [2.45, 2.75) is 38.3 Å². The molecule has 1 aliphatic heterocycles. The number of hydrogen-bond acceptors (Lipinski definition) is 4. The molecule has 1 heterocycles. The molecule has 1 atom stereocenters. The van der Waals surface area contributed by atoms with E-state index in [1.165, 1.54) is 0 Å². The Morgan fingerprint density at radius 2 is 2.22 bits per heavy atom. The molecule has 1 aromatic rings. The van der Waals surface area contributed by atoms with Gasteiger partial charge in [0.2, 0.25) is 5.91 Å². The average molecular weight is 318 g/mol. The second-order valence-corrected chi connectivity index (χ2v) is 5.70. The van der Waals surface area contributed by atoms with Crippen molar-refractivity contribution in [2.24, 2.45) is 0 Å². The molecule has 5 heteroatoms. The molecule has 0 aromatic heterocycles. The lowest BCUT2D eigenvalue weighted by atomic mass is 10.0. The molecular formula is C18H26N2O3. The second kappa shape index (κ2) is 8.58. The number of piperidine rings is 1. The molecule has 2 rings (SSSR count). The smallest absolute Gasteiger partial charge is 0.237 e. The van der Waals surface area contributed by atoms with Gasteiger partial charge in [0.25, 0.3) is 0 Å². The summed E-state index contributed by atoms with van der Waals surface area (Å²) in [5.74, 6) is 1.45. The van der Waals surface area contributed by atoms with Crippen molar-refractivity contribution in [3.63, 3.8) is 0 Å². The molecule has 1 aromatic carbocycles. The van der Waals surface area contributed by atoms with Crippen molar-refractivity contribution in [3.05, 3.63) is 35.9 Å². The van der Waals surface area contributed by atoms with Gasteiger partial charge in [-0.15, -0.1) is 6.58 Å². The molecule has 0 spiro atoms. The fraction of sp³-hybridized carbons (Fsp3) is 0.500. The molecule has 1 fully saturated rings. The normalized spacial score (nSPS) is 17.4. The number of methoxy groups -OCH3 is 2. The summed E-state index contributed by atoms with van der Waals surface area (Å²) in [5.41, 5.74) is 1.99. The number of nitrogens with one attached hydrogen (secondary N) is 2. The zero-order valence-corrected chi connectivity index (χ0v) is 14.0. The number of rotatable bonds is 7. The van der Waals surface area contributed by atoms with Gasteiger partial charge in [0.05, 0.1) is 20.3 Å². The lowest BCUT2D eigenvalue weighted by Gasteiger charge is -2.22. The van der Waals surface area contributed by atoms with Crippen molar-refractivity contribution in [2.75, 3.05) is 20.8 Å². The standard InChI is InChI=1S/C18H26N2O3/c1-4-7-14-10-13(11-16(22-2)17(14)23-3)12-20-18(21)15-8-5-6-9-19-15/h4,10-11,15,19H,1,5-9,12H2,2-3H3,(H,20,21). The van der Waals surface area contributed by atoms with Crippen molar-refractivity contribution in [1.29, 1.82) is 0 Å². The van der Waals surface area contributed by atoms with E-state index in [9.17, 15) is 4.79 Å². The molecule has 1 saturated heterocycles. The van der Waals surface area contributed by atoms with Gasteiger partial charge < -0.3 is 20.1 Å². The summed E-state index contributed by atoms with van der Waals surface area (Å²) in [7, 11) is 3.24. The fourth-order valence-electron chi connectivity index (χ4n) is 2.90. The lowest BCUT2D eigenvalue weighted by molar-refractivity contribution is -0.123. The molecule has 126 valence electrons. The van der Waals surface area contributed by atoms with Crippen LogP contribution in [0.5, 0.6) is 11.5 Å². The number of carbonyl (C=O) groups is 1. The molecule has 1 aliphatic rings. The highest BCUT2D eigenvalue weighted by atomic mass is 16.5. The third-order valence-electron chi connectivity index (χ3n) is 4.07. The first kappa shape index (κ1) is 17.3. The SMILES string of the molecule is C=CCc1cc(CNC(=O)C2CCCCN2)cc(OC)c1OC. The van der Waals surface area contributed by atoms with Crippen LogP contribution < -0.4 is 20.1 Å². The van der Waals surface area contributed by atoms with Crippen LogP contribution in [0.2, 0.25) is 0 Å². The Morgan fingerprint density at radius 3 is 2.83 bits per heavy atom. The van der Waals surface area contributed by atoms with Crippen LogP contribution in [0.3, 0.4) is 0 Å². The Bertz CT molecular complexity index is 551. The molecule has 1 unspecified atom stereocenters. The number of allylic oxidation sites excluding steroid dienone is 1. The highest BCUT2D eigenvalue weighted by molar-refractivity contribution is 5.81. The maximum absolute atomic E-state index is 12.2. The number of hydrogen-bond donors (Lipinski definition) is 2. The van der Waals surface area contributed by atoms with Gasteiger partial charge in [0, 0.05) is 12.1 Å². The number of ether oxygens (including phenoxy) is 2. The molecule has 5 nitrogen and oxygen atoms in total. The van der Waals surface area contributed by atoms with Crippen molar-refractivity contribution in [3.8, 4) is 11.5 Å². The Balaban J connectivity index is 2.08. The van der Waals surface area contributed by atoms with E-state index in [0.29, 0.717) is 18.7 Å². The third kappa shape index (κ3) is 4.48. The highest BCUT2D eigenvalue weighted by Crippen LogP contribution is 2.33. The van der Waals surface area contributed by atoms with Gasteiger partial charge >= 0.3 is 0 Å². The second-order valence-electron chi connectivity index (χ2n) is 5.70. The van der Waals surface area contributed by atoms with Crippen LogP contribution >= 0.6 is 0 Å². The van der Waals surface area contributed by atoms with Gasteiger partial charge in [-0.1, -0.05) is 12.5 Å². The zero-order valence-electron chi connectivity index (χ0n) is 14.0. The van der Waals surface area contributed by atoms with Gasteiger partial charge in [-0.25, -0.2) is 0 Å². The number of benzene rings is 1. The third-order valence-corrected chi connectivity index (χ3v) is 4.07. The maximum atomic E-state index is 12.2. The van der Waals surface area contributed by atoms with Crippen LogP contribution in [0.25, 0.3) is 0 Å². The molecule has 1 amide bonds. The molecule has 0 saturated carbocycles. The van der Waals surface area contributed by atoms with Crippen LogP contribution in [0, 0.1) is 0 Å². The molecule has 2 N–H and O–H groups in total. The Labute approximate surface area is 138 Å². The van der Waals surface area contributed by atoms with Crippen molar-refractivity contribution < 1.29 is 14.3 Å². The summed E-state index contributed by atoms with van der Waals surface area (Å²) in [6.07, 6.45) is 5.66. The monoisotopic (exact) mass is 318 g/mol. The van der Waals surface area contributed by atoms with Crippen molar-refractivity contribution >= 4 is 5.91 Å². The van der Waals surface area contributed by atoms with E-state index >= 15 is 0 Å². The molecule has 23 heavy (non-hydrogen) atoms. The van der Waals surface area contributed by atoms with Crippen LogP contribution in [-0.2, 0) is 17.8 Å². The summed E-state index contributed by atoms with van der Waals surface area (Å²) in [6, 6.07) is 3.86. The van der Waals surface area contributed by atoms with Gasteiger partial charge in [-0.3, -0.25) is 4.79 Å². The van der Waals surface area contributed by atoms with Gasteiger partial charge in [-0.05, 0) is 43.5 Å². The lowest BCUT2D eigenvalue weighted by Crippen LogP contribution is -2.46. The van der Waals surface area contributed by atoms with E-state index in [4.69, 9.17) is 9.47 Å². The summed E-state index contributed by atoms with van der Waals surface area (Å²) >= 11 is 0. The minimum absolute atomic E-state index is 0.0600. The molecule has 0 radical (unpaired) electrons. The number of carbonyl (C=O) groups excluding carboxylic acids is 1. The van der Waals surface area contributed by atoms with E-state index in [0.717, 1.165) is 42.7 Å². The molecule has 0 aliphatic carbocycles. The van der Waals surface area contributed by atoms with E-state index in [-0.39, 0.29) is 11.9 Å². The maximum Gasteiger partial charge on any atom is 0.237 e. The molecular weight excluding hydrogens is 292 g/mol. The summed E-state index contributed by atoms with van der Waals surface area (Å²) in [5, 5.41) is 6.26. The minimum atomic E-state index is -0.0726. The average Bonchev–Trinajstić information content (AvgIpc) is 2.60. The summed E-state index contributed by atoms with van der Waals surface area (Å²) in [6.45, 7) is 5.17. The first-order valence-corrected chi connectivity index (χ1v) is 8.05. The first-order chi connectivity index (χ1) is 11.2. The van der Waals surface area contributed by atoms with E-state index in [2.05, 4.69) is 17.2 Å². The fourth-order valence-corrected chi connectivity index (χ4v) is 2.90. The van der Waals surface area contributed by atoms with Gasteiger partial charge in [0.15, 0.2) is 11.5 Å². The molecule has 0 bridgehead atoms. The largest absolute Gasteiger partial charge is 0.493 e. The van der Waals surface area contributed by atoms with Crippen LogP contribution in [0.1, 0.15) is 30.4 Å². The van der Waals surface area contributed by atoms with Crippen LogP contribution in [-0.4, -0.2) is 32.7 Å². The van der Waals surface area contributed by atoms with E-state index in [1.807, 2.05) is 18.2 Å². The predicted molar refractivity (Wildman–Crippen MR) is 90.9 cm³/mol. The van der Waals surface area contributed by atoms with Crippen LogP contribution in [0.4, 0.5) is 0 Å². The predicted octanol–water partition coefficient (Wildman–Crippen LogP) is 2.19. The van der Waals surface area contributed by atoms with E-state index < -0.39 is 0 Å². The summed E-state index contributed by atoms with van der Waals surface area (Å²) < 4.78 is 10.8. The Kier molecular flexibility index (Phi) is 6.47. The van der Waals surface area contributed by atoms with Crippen molar-refractivity contribution in [1.82, 2.24) is 10.6 Å². The Hall–Kier alpha value is -2.01. The van der Waals surface area contributed by atoms with E-state index in [1.54, 1.807) is 14.2 Å². The van der Waals surface area contributed by atoms with Gasteiger partial charge in [0.1, 0.15) is 0 Å². The minimum Gasteiger partial charge on any atom is -0.493 e. The Morgan fingerprint density at radius 1 is 1.39 bits per heavy atom. The number of amides is 1. The first-order valence-electron chi connectivity index (χ1n) is 8.05. The van der Waals surface area contributed by atoms with Crippen LogP contribution in [0.15, 0.2) is 24.8 Å². The van der Waals surface area contributed by atoms with Gasteiger partial charge in [-0.2, -0.15) is 0 Å². The quantitative estimate of drug-likeness (QED) is 0.757. The zero-order chi connectivity index (χ0) is 16.7. The summed E-state index contributed by atoms with van der Waals surface area (Å²) in [4.78, 5) is 12.2. The highest BCUT2D eigenvalue weighted by Gasteiger charge is 2.20. The topological polar surface area (TPSA) is 59.6 Å².